The first-order valence-corrected chi connectivity index (χ1v) is 9.00. The quantitative estimate of drug-likeness (QED) is 0.863. The Labute approximate surface area is 143 Å². The smallest absolute Gasteiger partial charge is 0.246 e. The van der Waals surface area contributed by atoms with Gasteiger partial charge in [-0.1, -0.05) is 17.7 Å². The molecule has 1 aliphatic heterocycles. The van der Waals surface area contributed by atoms with Crippen molar-refractivity contribution in [2.24, 2.45) is 5.92 Å². The lowest BCUT2D eigenvalue weighted by molar-refractivity contribution is -0.126. The predicted molar refractivity (Wildman–Crippen MR) is 91.2 cm³/mol. The topological polar surface area (TPSA) is 71.2 Å². The number of hydrogen-bond donors (Lipinski definition) is 1. The van der Waals surface area contributed by atoms with Crippen molar-refractivity contribution in [3.05, 3.63) is 23.5 Å². The Hall–Kier alpha value is -1.69. The second-order valence-electron chi connectivity index (χ2n) is 7.70. The molecule has 0 bridgehead atoms. The van der Waals surface area contributed by atoms with Gasteiger partial charge in [0.15, 0.2) is 0 Å². The van der Waals surface area contributed by atoms with Crippen LogP contribution >= 0.6 is 0 Å². The van der Waals surface area contributed by atoms with Crippen LogP contribution in [-0.4, -0.2) is 44.0 Å². The Kier molecular flexibility index (Phi) is 4.76. The fourth-order valence-corrected chi connectivity index (χ4v) is 3.48. The molecule has 0 unspecified atom stereocenters. The third-order valence-corrected chi connectivity index (χ3v) is 5.32. The van der Waals surface area contributed by atoms with Crippen LogP contribution in [0, 0.1) is 5.92 Å². The molecule has 6 heteroatoms. The Morgan fingerprint density at radius 3 is 2.75 bits per heavy atom. The zero-order chi connectivity index (χ0) is 17.3. The van der Waals surface area contributed by atoms with Gasteiger partial charge >= 0.3 is 0 Å². The molecular weight excluding hydrogens is 304 g/mol. The molecule has 24 heavy (non-hydrogen) atoms. The highest BCUT2D eigenvalue weighted by atomic mass is 16.3. The molecule has 3 rings (SSSR count). The molecule has 132 valence electrons. The number of carbonyl (C=O) groups is 1. The van der Waals surface area contributed by atoms with E-state index in [2.05, 4.69) is 17.2 Å². The van der Waals surface area contributed by atoms with E-state index in [1.807, 2.05) is 13.8 Å². The van der Waals surface area contributed by atoms with Crippen molar-refractivity contribution >= 4 is 5.91 Å². The average Bonchev–Trinajstić information content (AvgIpc) is 3.17. The van der Waals surface area contributed by atoms with E-state index in [1.54, 1.807) is 21.9 Å². The minimum absolute atomic E-state index is 0.0201. The average molecular weight is 332 g/mol. The van der Waals surface area contributed by atoms with Crippen LogP contribution in [0.15, 0.2) is 17.8 Å². The first-order chi connectivity index (χ1) is 11.4. The fourth-order valence-electron chi connectivity index (χ4n) is 3.48. The summed E-state index contributed by atoms with van der Waals surface area (Å²) in [5, 5.41) is 19.1. The van der Waals surface area contributed by atoms with E-state index in [4.69, 9.17) is 0 Å². The van der Waals surface area contributed by atoms with Crippen molar-refractivity contribution < 1.29 is 9.90 Å². The molecular formula is C18H28N4O2. The Bertz CT molecular complexity index is 627. The van der Waals surface area contributed by atoms with Crippen molar-refractivity contribution in [2.45, 2.75) is 64.5 Å². The summed E-state index contributed by atoms with van der Waals surface area (Å²) in [4.78, 5) is 14.3. The second-order valence-corrected chi connectivity index (χ2v) is 7.70. The summed E-state index contributed by atoms with van der Waals surface area (Å²) in [6.07, 6.45) is 8.47. The number of amides is 1. The maximum Gasteiger partial charge on any atom is 0.246 e. The Balaban J connectivity index is 1.65. The molecule has 2 heterocycles. The highest BCUT2D eigenvalue weighted by Gasteiger charge is 2.41. The van der Waals surface area contributed by atoms with Gasteiger partial charge in [-0.15, -0.1) is 5.10 Å². The lowest BCUT2D eigenvalue weighted by Crippen LogP contribution is -2.34. The van der Waals surface area contributed by atoms with Gasteiger partial charge in [0.05, 0.1) is 12.7 Å². The maximum atomic E-state index is 12.5. The lowest BCUT2D eigenvalue weighted by Gasteiger charge is -2.22. The standard InChI is InChI=1S/C18H28N4O2/c1-13(2)22-11-16(19-20-22)18(24)8-9-21(12-18)17(23)10-15-6-4-14(3)5-7-15/h10-11,13-14,24H,4-9,12H2,1-3H3/t14?,18-/m1/s1. The molecule has 1 aliphatic carbocycles. The second kappa shape index (κ2) is 6.67. The van der Waals surface area contributed by atoms with Gasteiger partial charge in [0.2, 0.25) is 5.91 Å². The van der Waals surface area contributed by atoms with E-state index in [-0.39, 0.29) is 11.9 Å². The van der Waals surface area contributed by atoms with Crippen LogP contribution in [0.5, 0.6) is 0 Å². The van der Waals surface area contributed by atoms with Crippen LogP contribution in [0.4, 0.5) is 0 Å². The zero-order valence-electron chi connectivity index (χ0n) is 14.9. The number of hydrogen-bond acceptors (Lipinski definition) is 4. The van der Waals surface area contributed by atoms with E-state index in [9.17, 15) is 9.90 Å². The van der Waals surface area contributed by atoms with Crippen molar-refractivity contribution in [2.75, 3.05) is 13.1 Å². The molecule has 1 amide bonds. The monoisotopic (exact) mass is 332 g/mol. The SMILES string of the molecule is CC1CCC(=CC(=O)N2CC[C@](O)(c3cn(C(C)C)nn3)C2)CC1. The summed E-state index contributed by atoms with van der Waals surface area (Å²) >= 11 is 0. The molecule has 1 aromatic heterocycles. The van der Waals surface area contributed by atoms with Crippen molar-refractivity contribution in [1.82, 2.24) is 19.9 Å². The normalized spacial score (nSPS) is 27.8. The summed E-state index contributed by atoms with van der Waals surface area (Å²) in [5.41, 5.74) is 0.729. The van der Waals surface area contributed by atoms with Crippen LogP contribution in [0.3, 0.4) is 0 Å². The van der Waals surface area contributed by atoms with Gasteiger partial charge in [0.25, 0.3) is 0 Å². The molecule has 1 saturated heterocycles. The van der Waals surface area contributed by atoms with Crippen molar-refractivity contribution in [3.63, 3.8) is 0 Å². The van der Waals surface area contributed by atoms with E-state index in [0.29, 0.717) is 25.2 Å². The van der Waals surface area contributed by atoms with Crippen LogP contribution in [-0.2, 0) is 10.4 Å². The lowest BCUT2D eigenvalue weighted by atomic mass is 9.87. The van der Waals surface area contributed by atoms with Crippen molar-refractivity contribution in [3.8, 4) is 0 Å². The largest absolute Gasteiger partial charge is 0.381 e. The molecule has 0 spiro atoms. The maximum absolute atomic E-state index is 12.5. The van der Waals surface area contributed by atoms with Gasteiger partial charge in [-0.05, 0) is 45.4 Å². The number of β-amino-alcohol motifs (C(OH)–C–C–N with tert-alkyl or cyclic N) is 1. The fraction of sp³-hybridized carbons (Fsp3) is 0.722. The molecule has 0 radical (unpaired) electrons. The van der Waals surface area contributed by atoms with Crippen LogP contribution in [0.25, 0.3) is 0 Å². The number of aliphatic hydroxyl groups is 1. The van der Waals surface area contributed by atoms with Gasteiger partial charge in [-0.2, -0.15) is 0 Å². The molecule has 1 N–H and O–H groups in total. The molecule has 1 aromatic rings. The third kappa shape index (κ3) is 3.53. The van der Waals surface area contributed by atoms with Gasteiger partial charge < -0.3 is 10.0 Å². The molecule has 1 saturated carbocycles. The molecule has 6 nitrogen and oxygen atoms in total. The van der Waals surface area contributed by atoms with Crippen molar-refractivity contribution in [1.29, 1.82) is 0 Å². The summed E-state index contributed by atoms with van der Waals surface area (Å²) in [7, 11) is 0. The highest BCUT2D eigenvalue weighted by Crippen LogP contribution is 2.32. The number of aromatic nitrogens is 3. The van der Waals surface area contributed by atoms with Crippen LogP contribution in [0.1, 0.15) is 64.6 Å². The van der Waals surface area contributed by atoms with Gasteiger partial charge in [0.1, 0.15) is 11.3 Å². The summed E-state index contributed by atoms with van der Waals surface area (Å²) in [6, 6.07) is 0.201. The third-order valence-electron chi connectivity index (χ3n) is 5.32. The number of likely N-dealkylation sites (tertiary alicyclic amines) is 1. The zero-order valence-corrected chi connectivity index (χ0v) is 14.9. The molecule has 1 atom stereocenters. The van der Waals surface area contributed by atoms with Crippen LogP contribution < -0.4 is 0 Å². The first-order valence-electron chi connectivity index (χ1n) is 9.00. The summed E-state index contributed by atoms with van der Waals surface area (Å²) < 4.78 is 1.74. The molecule has 0 aromatic carbocycles. The summed E-state index contributed by atoms with van der Waals surface area (Å²) in [5.74, 6) is 0.782. The summed E-state index contributed by atoms with van der Waals surface area (Å²) in [6.45, 7) is 7.16. The Morgan fingerprint density at radius 1 is 1.42 bits per heavy atom. The number of rotatable bonds is 3. The number of nitrogens with zero attached hydrogens (tertiary/aromatic N) is 4. The highest BCUT2D eigenvalue weighted by molar-refractivity contribution is 5.88. The molecule has 2 aliphatic rings. The minimum Gasteiger partial charge on any atom is -0.381 e. The van der Waals surface area contributed by atoms with E-state index >= 15 is 0 Å². The van der Waals surface area contributed by atoms with E-state index in [1.165, 1.54) is 18.4 Å². The predicted octanol–water partition coefficient (Wildman–Crippen LogP) is 2.42. The first kappa shape index (κ1) is 17.1. The van der Waals surface area contributed by atoms with Crippen LogP contribution in [0.2, 0.25) is 0 Å². The minimum atomic E-state index is -1.08. The van der Waals surface area contributed by atoms with Gasteiger partial charge in [-0.25, -0.2) is 4.68 Å². The molecule has 2 fully saturated rings. The van der Waals surface area contributed by atoms with Gasteiger partial charge in [-0.3, -0.25) is 4.79 Å². The Morgan fingerprint density at radius 2 is 2.12 bits per heavy atom. The number of allylic oxidation sites excluding steroid dienone is 1. The van der Waals surface area contributed by atoms with E-state index in [0.717, 1.165) is 18.8 Å². The van der Waals surface area contributed by atoms with Gasteiger partial charge in [0, 0.05) is 25.1 Å². The van der Waals surface area contributed by atoms with E-state index < -0.39 is 5.60 Å². The number of carbonyl (C=O) groups excluding carboxylic acids is 1.